The van der Waals surface area contributed by atoms with E-state index in [1.807, 2.05) is 6.92 Å². The largest absolute Gasteiger partial charge is 0.352 e. The van der Waals surface area contributed by atoms with E-state index in [1.54, 1.807) is 6.07 Å². The van der Waals surface area contributed by atoms with Crippen molar-refractivity contribution in [2.75, 3.05) is 17.2 Å². The van der Waals surface area contributed by atoms with Crippen LogP contribution in [0.5, 0.6) is 0 Å². The summed E-state index contributed by atoms with van der Waals surface area (Å²) in [6.45, 7) is 2.42. The first-order valence-corrected chi connectivity index (χ1v) is 10.9. The summed E-state index contributed by atoms with van der Waals surface area (Å²) in [6, 6.07) is 6.03. The van der Waals surface area contributed by atoms with Crippen LogP contribution in [0.2, 0.25) is 5.02 Å². The Morgan fingerprint density at radius 2 is 2.07 bits per heavy atom. The molecule has 2 aromatic rings. The number of halogens is 3. The summed E-state index contributed by atoms with van der Waals surface area (Å²) >= 11 is 6.99. The van der Waals surface area contributed by atoms with E-state index in [0.717, 1.165) is 12.8 Å². The first kappa shape index (κ1) is 22.5. The van der Waals surface area contributed by atoms with Gasteiger partial charge in [0.1, 0.15) is 11.6 Å². The number of anilines is 1. The van der Waals surface area contributed by atoms with Gasteiger partial charge in [-0.3, -0.25) is 9.59 Å². The molecule has 1 atom stereocenters. The van der Waals surface area contributed by atoms with Crippen LogP contribution in [0.3, 0.4) is 0 Å². The molecule has 1 aliphatic rings. The van der Waals surface area contributed by atoms with Crippen molar-refractivity contribution in [1.82, 2.24) is 5.32 Å². The first-order valence-electron chi connectivity index (χ1n) is 9.57. The number of hydrogen-bond acceptors (Lipinski definition) is 4. The molecule has 3 N–H and O–H groups in total. The number of unbranched alkanes of at least 4 members (excludes halogenated alkanes) is 1. The van der Waals surface area contributed by atoms with E-state index < -0.39 is 23.6 Å². The summed E-state index contributed by atoms with van der Waals surface area (Å²) in [7, 11) is 0. The number of hydrogen-bond donors (Lipinski definition) is 2. The zero-order valence-corrected chi connectivity index (χ0v) is 18.0. The highest BCUT2D eigenvalue weighted by Crippen LogP contribution is 2.37. The van der Waals surface area contributed by atoms with E-state index in [4.69, 9.17) is 17.3 Å². The predicted molar refractivity (Wildman–Crippen MR) is 115 cm³/mol. The van der Waals surface area contributed by atoms with Crippen molar-refractivity contribution < 1.29 is 18.4 Å². The second kappa shape index (κ2) is 9.76. The Kier molecular flexibility index (Phi) is 7.33. The van der Waals surface area contributed by atoms with Crippen LogP contribution >= 0.6 is 23.4 Å². The van der Waals surface area contributed by atoms with Gasteiger partial charge in [0.2, 0.25) is 5.91 Å². The highest BCUT2D eigenvalue weighted by atomic mass is 35.5. The highest BCUT2D eigenvalue weighted by Gasteiger charge is 2.30. The number of nitrogens with one attached hydrogen (secondary N) is 1. The fourth-order valence-corrected chi connectivity index (χ4v) is 4.19. The van der Waals surface area contributed by atoms with Crippen LogP contribution in [-0.2, 0) is 11.3 Å². The summed E-state index contributed by atoms with van der Waals surface area (Å²) < 4.78 is 28.5. The fraction of sp³-hybridized carbons (Fsp3) is 0.333. The molecule has 0 unspecified atom stereocenters. The molecule has 30 heavy (non-hydrogen) atoms. The Labute approximate surface area is 182 Å². The molecule has 0 spiro atoms. The van der Waals surface area contributed by atoms with Gasteiger partial charge in [-0.05, 0) is 36.2 Å². The minimum absolute atomic E-state index is 0.0106. The topological polar surface area (TPSA) is 75.4 Å². The third kappa shape index (κ3) is 4.94. The number of rotatable bonds is 6. The molecule has 0 bridgehead atoms. The molecule has 9 heteroatoms. The van der Waals surface area contributed by atoms with E-state index in [2.05, 4.69) is 5.32 Å². The monoisotopic (exact) mass is 453 g/mol. The molecule has 0 saturated heterocycles. The van der Waals surface area contributed by atoms with Crippen LogP contribution in [0.1, 0.15) is 35.7 Å². The summed E-state index contributed by atoms with van der Waals surface area (Å²) in [5.41, 5.74) is 6.71. The van der Waals surface area contributed by atoms with Gasteiger partial charge in [0, 0.05) is 17.2 Å². The lowest BCUT2D eigenvalue weighted by molar-refractivity contribution is -0.119. The highest BCUT2D eigenvalue weighted by molar-refractivity contribution is 7.99. The fourth-order valence-electron chi connectivity index (χ4n) is 3.07. The Hall–Kier alpha value is -2.16. The van der Waals surface area contributed by atoms with E-state index >= 15 is 0 Å². The van der Waals surface area contributed by atoms with Gasteiger partial charge in [-0.15, -0.1) is 11.8 Å². The van der Waals surface area contributed by atoms with E-state index in [1.165, 1.54) is 40.9 Å². The molecule has 1 aliphatic heterocycles. The van der Waals surface area contributed by atoms with Crippen molar-refractivity contribution >= 4 is 40.9 Å². The lowest BCUT2D eigenvalue weighted by atomic mass is 10.1. The van der Waals surface area contributed by atoms with Crippen LogP contribution in [0.15, 0.2) is 35.2 Å². The summed E-state index contributed by atoms with van der Waals surface area (Å²) in [4.78, 5) is 27.2. The first-order chi connectivity index (χ1) is 14.3. The molecule has 0 fully saturated rings. The molecule has 2 aromatic carbocycles. The van der Waals surface area contributed by atoms with Gasteiger partial charge >= 0.3 is 0 Å². The summed E-state index contributed by atoms with van der Waals surface area (Å²) in [6.07, 6.45) is 1.66. The molecule has 0 aromatic heterocycles. The molecular weight excluding hydrogens is 432 g/mol. The van der Waals surface area contributed by atoms with Crippen LogP contribution in [0.4, 0.5) is 14.5 Å². The number of thioether (sulfide) groups is 1. The number of amides is 2. The standard InChI is InChI=1S/C21H22ClF2N3O2S/c1-2-3-6-26-20(28)13-8-18-19(9-15(13)23)30-11-17(25)21(29)27(18)10-12-4-5-14(22)16(24)7-12/h4-5,7-9,17H,2-3,6,10-11,25H2,1H3,(H,26,28)/t17-/m0/s1. The van der Waals surface area contributed by atoms with Gasteiger partial charge < -0.3 is 16.0 Å². The SMILES string of the molecule is CCCCNC(=O)c1cc2c(cc1F)SC[C@H](N)C(=O)N2Cc1ccc(Cl)c(F)c1. The summed E-state index contributed by atoms with van der Waals surface area (Å²) in [5.74, 6) is -1.95. The lowest BCUT2D eigenvalue weighted by Gasteiger charge is -2.25. The number of carbonyl (C=O) groups is 2. The van der Waals surface area contributed by atoms with Crippen LogP contribution in [0.25, 0.3) is 0 Å². The van der Waals surface area contributed by atoms with E-state index in [9.17, 15) is 18.4 Å². The number of nitrogens with zero attached hydrogens (tertiary/aromatic N) is 1. The van der Waals surface area contributed by atoms with Gasteiger partial charge in [-0.2, -0.15) is 0 Å². The zero-order chi connectivity index (χ0) is 21.8. The maximum atomic E-state index is 14.6. The molecule has 0 radical (unpaired) electrons. The van der Waals surface area contributed by atoms with Crippen molar-refractivity contribution in [3.05, 3.63) is 58.1 Å². The Morgan fingerprint density at radius 3 is 2.77 bits per heavy atom. The average molecular weight is 454 g/mol. The Bertz CT molecular complexity index is 974. The average Bonchev–Trinajstić information content (AvgIpc) is 2.82. The van der Waals surface area contributed by atoms with E-state index in [0.29, 0.717) is 22.7 Å². The van der Waals surface area contributed by atoms with Gasteiger partial charge in [0.05, 0.1) is 28.9 Å². The van der Waals surface area contributed by atoms with Crippen LogP contribution < -0.4 is 16.0 Å². The molecule has 0 aliphatic carbocycles. The Balaban J connectivity index is 2.00. The van der Waals surface area contributed by atoms with Crippen molar-refractivity contribution in [3.8, 4) is 0 Å². The van der Waals surface area contributed by atoms with Crippen LogP contribution in [-0.4, -0.2) is 30.2 Å². The molecule has 2 amide bonds. The van der Waals surface area contributed by atoms with Crippen molar-refractivity contribution in [2.24, 2.45) is 5.73 Å². The van der Waals surface area contributed by atoms with Crippen LogP contribution in [0, 0.1) is 11.6 Å². The second-order valence-corrected chi connectivity index (χ2v) is 8.47. The Morgan fingerprint density at radius 1 is 1.30 bits per heavy atom. The quantitative estimate of drug-likeness (QED) is 0.645. The number of nitrogens with two attached hydrogens (primary N) is 1. The normalized spacial score (nSPS) is 16.2. The minimum atomic E-state index is -0.815. The van der Waals surface area contributed by atoms with Gasteiger partial charge in [-0.25, -0.2) is 8.78 Å². The number of carbonyl (C=O) groups excluding carboxylic acids is 2. The molecule has 1 heterocycles. The number of benzene rings is 2. The van der Waals surface area contributed by atoms with E-state index in [-0.39, 0.29) is 28.8 Å². The molecule has 160 valence electrons. The molecular formula is C21H22ClF2N3O2S. The van der Waals surface area contributed by atoms with Crippen molar-refractivity contribution in [3.63, 3.8) is 0 Å². The maximum Gasteiger partial charge on any atom is 0.254 e. The third-order valence-corrected chi connectivity index (χ3v) is 6.20. The van der Waals surface area contributed by atoms with Gasteiger partial charge in [0.25, 0.3) is 5.91 Å². The van der Waals surface area contributed by atoms with Gasteiger partial charge in [-0.1, -0.05) is 31.0 Å². The maximum absolute atomic E-state index is 14.6. The predicted octanol–water partition coefficient (Wildman–Crippen LogP) is 4.11. The van der Waals surface area contributed by atoms with Crippen molar-refractivity contribution in [1.29, 1.82) is 0 Å². The minimum Gasteiger partial charge on any atom is -0.352 e. The summed E-state index contributed by atoms with van der Waals surface area (Å²) in [5, 5.41) is 2.66. The lowest BCUT2D eigenvalue weighted by Crippen LogP contribution is -2.44. The zero-order valence-electron chi connectivity index (χ0n) is 16.4. The van der Waals surface area contributed by atoms with Crippen molar-refractivity contribution in [2.45, 2.75) is 37.2 Å². The second-order valence-electron chi connectivity index (χ2n) is 7.00. The van der Waals surface area contributed by atoms with Gasteiger partial charge in [0.15, 0.2) is 0 Å². The smallest absolute Gasteiger partial charge is 0.254 e. The molecule has 0 saturated carbocycles. The molecule has 3 rings (SSSR count). The molecule has 5 nitrogen and oxygen atoms in total. The third-order valence-electron chi connectivity index (χ3n) is 4.73. The number of fused-ring (bicyclic) bond motifs is 1.